The van der Waals surface area contributed by atoms with Crippen molar-refractivity contribution in [1.82, 2.24) is 4.98 Å². The Morgan fingerprint density at radius 2 is 1.95 bits per heavy atom. The van der Waals surface area contributed by atoms with Crippen LogP contribution >= 0.6 is 0 Å². The maximum atomic E-state index is 10.4. The van der Waals surface area contributed by atoms with E-state index < -0.39 is 6.10 Å². The van der Waals surface area contributed by atoms with E-state index in [-0.39, 0.29) is 5.92 Å². The van der Waals surface area contributed by atoms with Gasteiger partial charge >= 0.3 is 0 Å². The van der Waals surface area contributed by atoms with Gasteiger partial charge in [-0.05, 0) is 42.7 Å². The van der Waals surface area contributed by atoms with Crippen molar-refractivity contribution >= 4 is 0 Å². The molecule has 0 spiro atoms. The van der Waals surface area contributed by atoms with E-state index in [0.717, 1.165) is 17.9 Å². The van der Waals surface area contributed by atoms with Crippen molar-refractivity contribution in [2.45, 2.75) is 24.9 Å². The molecule has 0 fully saturated rings. The minimum absolute atomic E-state index is 0.121. The lowest BCUT2D eigenvalue weighted by Crippen LogP contribution is -2.27. The summed E-state index contributed by atoms with van der Waals surface area (Å²) < 4.78 is 5.13. The molecule has 112 valence electrons. The number of nitrogens with zero attached hydrogens (tertiary/aromatic N) is 1. The highest BCUT2D eigenvalue weighted by Gasteiger charge is 2.20. The number of ether oxygens (including phenoxy) is 1. The maximum absolute atomic E-state index is 10.4. The molecule has 0 aliphatic heterocycles. The quantitative estimate of drug-likeness (QED) is 0.818. The first-order valence-electron chi connectivity index (χ1n) is 7.16. The minimum atomic E-state index is -0.494. The summed E-state index contributed by atoms with van der Waals surface area (Å²) in [5.74, 6) is 0.720. The summed E-state index contributed by atoms with van der Waals surface area (Å²) in [6.45, 7) is 0.390. The van der Waals surface area contributed by atoms with E-state index in [0.29, 0.717) is 13.0 Å². The largest absolute Gasteiger partial charge is 0.497 e. The molecule has 2 unspecified atom stereocenters. The van der Waals surface area contributed by atoms with Crippen LogP contribution < -0.4 is 10.5 Å². The summed E-state index contributed by atoms with van der Waals surface area (Å²) in [4.78, 5) is 4.29. The van der Waals surface area contributed by atoms with Gasteiger partial charge in [-0.15, -0.1) is 0 Å². The second-order valence-electron chi connectivity index (χ2n) is 5.05. The topological polar surface area (TPSA) is 68.4 Å². The Bertz CT molecular complexity index is 528. The van der Waals surface area contributed by atoms with Crippen molar-refractivity contribution in [1.29, 1.82) is 0 Å². The third-order valence-electron chi connectivity index (χ3n) is 3.67. The van der Waals surface area contributed by atoms with Crippen molar-refractivity contribution in [2.75, 3.05) is 13.7 Å². The predicted octanol–water partition coefficient (Wildman–Crippen LogP) is 2.13. The zero-order valence-electron chi connectivity index (χ0n) is 12.3. The van der Waals surface area contributed by atoms with Gasteiger partial charge in [-0.2, -0.15) is 0 Å². The molecule has 4 heteroatoms. The third-order valence-corrected chi connectivity index (χ3v) is 3.67. The molecular weight excluding hydrogens is 264 g/mol. The van der Waals surface area contributed by atoms with Crippen molar-refractivity contribution in [2.24, 2.45) is 5.73 Å². The highest BCUT2D eigenvalue weighted by Crippen LogP contribution is 2.21. The summed E-state index contributed by atoms with van der Waals surface area (Å²) >= 11 is 0. The molecule has 0 saturated carbocycles. The molecule has 0 saturated heterocycles. The van der Waals surface area contributed by atoms with Crippen molar-refractivity contribution in [3.63, 3.8) is 0 Å². The Labute approximate surface area is 125 Å². The highest BCUT2D eigenvalue weighted by molar-refractivity contribution is 5.27. The minimum Gasteiger partial charge on any atom is -0.497 e. The Morgan fingerprint density at radius 1 is 1.19 bits per heavy atom. The lowest BCUT2D eigenvalue weighted by Gasteiger charge is -2.21. The SMILES string of the molecule is COc1ccc(CCC(O)C(CN)c2ccccn2)cc1. The number of benzene rings is 1. The predicted molar refractivity (Wildman–Crippen MR) is 83.4 cm³/mol. The number of rotatable bonds is 7. The van der Waals surface area contributed by atoms with Gasteiger partial charge in [0.15, 0.2) is 0 Å². The molecule has 4 nitrogen and oxygen atoms in total. The van der Waals surface area contributed by atoms with Crippen molar-refractivity contribution in [3.05, 3.63) is 59.9 Å². The van der Waals surface area contributed by atoms with E-state index in [2.05, 4.69) is 4.98 Å². The number of methoxy groups -OCH3 is 1. The fourth-order valence-electron chi connectivity index (χ4n) is 2.38. The van der Waals surface area contributed by atoms with Crippen LogP contribution in [0.25, 0.3) is 0 Å². The second-order valence-corrected chi connectivity index (χ2v) is 5.05. The van der Waals surface area contributed by atoms with Gasteiger partial charge < -0.3 is 15.6 Å². The van der Waals surface area contributed by atoms with Gasteiger partial charge in [-0.1, -0.05) is 18.2 Å². The van der Waals surface area contributed by atoms with Gasteiger partial charge in [-0.3, -0.25) is 4.98 Å². The van der Waals surface area contributed by atoms with Gasteiger partial charge in [0.05, 0.1) is 13.2 Å². The summed E-state index contributed by atoms with van der Waals surface area (Å²) in [6, 6.07) is 13.6. The van der Waals surface area contributed by atoms with E-state index >= 15 is 0 Å². The van der Waals surface area contributed by atoms with Crippen LogP contribution in [0.2, 0.25) is 0 Å². The number of aliphatic hydroxyl groups excluding tert-OH is 1. The molecule has 21 heavy (non-hydrogen) atoms. The monoisotopic (exact) mass is 286 g/mol. The van der Waals surface area contributed by atoms with Crippen LogP contribution in [0.15, 0.2) is 48.7 Å². The zero-order valence-corrected chi connectivity index (χ0v) is 12.3. The van der Waals surface area contributed by atoms with Crippen LogP contribution in [0.3, 0.4) is 0 Å². The van der Waals surface area contributed by atoms with Gasteiger partial charge in [-0.25, -0.2) is 0 Å². The van der Waals surface area contributed by atoms with Gasteiger partial charge in [0.2, 0.25) is 0 Å². The molecule has 0 aliphatic rings. The van der Waals surface area contributed by atoms with E-state index in [1.165, 1.54) is 5.56 Å². The number of pyridine rings is 1. The summed E-state index contributed by atoms with van der Waals surface area (Å²) in [5, 5.41) is 10.4. The third kappa shape index (κ3) is 4.28. The molecule has 0 amide bonds. The number of hydrogen-bond acceptors (Lipinski definition) is 4. The molecule has 2 rings (SSSR count). The first-order valence-corrected chi connectivity index (χ1v) is 7.16. The van der Waals surface area contributed by atoms with Crippen LogP contribution in [0.1, 0.15) is 23.6 Å². The Morgan fingerprint density at radius 3 is 2.52 bits per heavy atom. The lowest BCUT2D eigenvalue weighted by molar-refractivity contribution is 0.134. The van der Waals surface area contributed by atoms with Gasteiger partial charge in [0.1, 0.15) is 5.75 Å². The van der Waals surface area contributed by atoms with Gasteiger partial charge in [0.25, 0.3) is 0 Å². The molecule has 0 aliphatic carbocycles. The Hall–Kier alpha value is -1.91. The van der Waals surface area contributed by atoms with Crippen molar-refractivity contribution in [3.8, 4) is 5.75 Å². The van der Waals surface area contributed by atoms with Gasteiger partial charge in [0, 0.05) is 24.4 Å². The molecular formula is C17H22N2O2. The molecule has 1 heterocycles. The van der Waals surface area contributed by atoms with E-state index in [4.69, 9.17) is 10.5 Å². The van der Waals surface area contributed by atoms with E-state index in [1.807, 2.05) is 42.5 Å². The Kier molecular flexibility index (Phi) is 5.72. The van der Waals surface area contributed by atoms with E-state index in [9.17, 15) is 5.11 Å². The fourth-order valence-corrected chi connectivity index (χ4v) is 2.38. The molecule has 0 radical (unpaired) electrons. The summed E-state index contributed by atoms with van der Waals surface area (Å²) in [5.41, 5.74) is 7.82. The highest BCUT2D eigenvalue weighted by atomic mass is 16.5. The second kappa shape index (κ2) is 7.76. The molecule has 0 bridgehead atoms. The average Bonchev–Trinajstić information content (AvgIpc) is 2.55. The van der Waals surface area contributed by atoms with Crippen LogP contribution in [0, 0.1) is 0 Å². The smallest absolute Gasteiger partial charge is 0.118 e. The molecule has 1 aromatic carbocycles. The molecule has 2 aromatic rings. The number of aliphatic hydroxyl groups is 1. The maximum Gasteiger partial charge on any atom is 0.118 e. The summed E-state index contributed by atoms with van der Waals surface area (Å²) in [7, 11) is 1.65. The van der Waals surface area contributed by atoms with E-state index in [1.54, 1.807) is 13.3 Å². The number of hydrogen-bond donors (Lipinski definition) is 2. The number of nitrogens with two attached hydrogens (primary N) is 1. The van der Waals surface area contributed by atoms with Crippen LogP contribution in [0.4, 0.5) is 0 Å². The normalized spacial score (nSPS) is 13.7. The average molecular weight is 286 g/mol. The molecule has 1 aromatic heterocycles. The van der Waals surface area contributed by atoms with Crippen LogP contribution in [0.5, 0.6) is 5.75 Å². The Balaban J connectivity index is 1.94. The first kappa shape index (κ1) is 15.5. The van der Waals surface area contributed by atoms with Crippen LogP contribution in [-0.4, -0.2) is 29.8 Å². The summed E-state index contributed by atoms with van der Waals surface area (Å²) in [6.07, 6.45) is 2.69. The first-order chi connectivity index (χ1) is 10.2. The number of aromatic nitrogens is 1. The van der Waals surface area contributed by atoms with Crippen LogP contribution in [-0.2, 0) is 6.42 Å². The standard InChI is InChI=1S/C17H22N2O2/c1-21-14-8-5-13(6-9-14)7-10-17(20)15(12-18)16-4-2-3-11-19-16/h2-6,8-9,11,15,17,20H,7,10,12,18H2,1H3. The molecule has 3 N–H and O–H groups in total. The number of aryl methyl sites for hydroxylation is 1. The fraction of sp³-hybridized carbons (Fsp3) is 0.353. The lowest BCUT2D eigenvalue weighted by atomic mass is 9.93. The zero-order chi connectivity index (χ0) is 15.1. The molecule has 2 atom stereocenters. The van der Waals surface area contributed by atoms with Crippen molar-refractivity contribution < 1.29 is 9.84 Å².